The highest BCUT2D eigenvalue weighted by Gasteiger charge is 2.09. The van der Waals surface area contributed by atoms with E-state index in [1.165, 1.54) is 0 Å². The Hall–Kier alpha value is -1.43. The van der Waals surface area contributed by atoms with E-state index in [1.54, 1.807) is 7.11 Å². The molecule has 0 saturated carbocycles. The number of halogens is 3. The first kappa shape index (κ1) is 17.4. The minimum atomic E-state index is 0.566. The molecule has 3 aromatic rings. The van der Waals surface area contributed by atoms with Gasteiger partial charge in [0.1, 0.15) is 17.3 Å². The Morgan fingerprint density at radius 3 is 2.62 bits per heavy atom. The monoisotopic (exact) mass is 469 g/mol. The first-order chi connectivity index (χ1) is 11.6. The van der Waals surface area contributed by atoms with Crippen LogP contribution in [0.25, 0.3) is 11.3 Å². The zero-order chi connectivity index (χ0) is 17.1. The van der Waals surface area contributed by atoms with E-state index < -0.39 is 0 Å². The van der Waals surface area contributed by atoms with Crippen LogP contribution in [-0.2, 0) is 6.54 Å². The van der Waals surface area contributed by atoms with E-state index in [4.69, 9.17) is 20.8 Å². The molecule has 124 valence electrons. The first-order valence-electron chi connectivity index (χ1n) is 7.18. The number of hydrogen-bond donors (Lipinski definition) is 1. The van der Waals surface area contributed by atoms with Crippen molar-refractivity contribution < 1.29 is 9.15 Å². The maximum atomic E-state index is 6.13. The number of furan rings is 1. The molecule has 1 N–H and O–H groups in total. The van der Waals surface area contributed by atoms with Gasteiger partial charge in [0, 0.05) is 20.2 Å². The summed E-state index contributed by atoms with van der Waals surface area (Å²) in [6.45, 7) is 0.566. The summed E-state index contributed by atoms with van der Waals surface area (Å²) < 4.78 is 13.1. The summed E-state index contributed by atoms with van der Waals surface area (Å²) in [4.78, 5) is 0. The molecule has 0 radical (unpaired) electrons. The summed E-state index contributed by atoms with van der Waals surface area (Å²) in [7, 11) is 1.60. The predicted octanol–water partition coefficient (Wildman–Crippen LogP) is 6.75. The SMILES string of the molecule is COc1ccc(NCc2ccc(-c3ccc(Br)cc3Br)o2)cc1Cl. The van der Waals surface area contributed by atoms with Crippen LogP contribution in [0.4, 0.5) is 5.69 Å². The number of methoxy groups -OCH3 is 1. The quantitative estimate of drug-likeness (QED) is 0.447. The van der Waals surface area contributed by atoms with Gasteiger partial charge in [-0.05, 0) is 64.5 Å². The van der Waals surface area contributed by atoms with E-state index >= 15 is 0 Å². The Balaban J connectivity index is 1.71. The van der Waals surface area contributed by atoms with Crippen molar-refractivity contribution in [2.45, 2.75) is 6.54 Å². The molecular weight excluding hydrogens is 457 g/mol. The molecule has 1 heterocycles. The van der Waals surface area contributed by atoms with Crippen LogP contribution in [0.1, 0.15) is 5.76 Å². The van der Waals surface area contributed by atoms with E-state index in [-0.39, 0.29) is 0 Å². The van der Waals surface area contributed by atoms with Gasteiger partial charge in [-0.3, -0.25) is 0 Å². The average molecular weight is 472 g/mol. The maximum absolute atomic E-state index is 6.13. The molecule has 3 rings (SSSR count). The normalized spacial score (nSPS) is 10.7. The van der Waals surface area contributed by atoms with Gasteiger partial charge in [0.15, 0.2) is 0 Å². The molecule has 0 atom stereocenters. The van der Waals surface area contributed by atoms with Crippen LogP contribution in [0, 0.1) is 0 Å². The largest absolute Gasteiger partial charge is 0.495 e. The Labute approximate surface area is 162 Å². The van der Waals surface area contributed by atoms with E-state index in [2.05, 4.69) is 37.2 Å². The number of hydrogen-bond acceptors (Lipinski definition) is 3. The average Bonchev–Trinajstić information content (AvgIpc) is 3.01. The Kier molecular flexibility index (Phi) is 5.54. The molecule has 1 aromatic heterocycles. The minimum Gasteiger partial charge on any atom is -0.495 e. The fourth-order valence-corrected chi connectivity index (χ4v) is 3.77. The lowest BCUT2D eigenvalue weighted by atomic mass is 10.2. The van der Waals surface area contributed by atoms with Crippen LogP contribution < -0.4 is 10.1 Å². The molecule has 3 nitrogen and oxygen atoms in total. The van der Waals surface area contributed by atoms with Gasteiger partial charge in [-0.25, -0.2) is 0 Å². The van der Waals surface area contributed by atoms with E-state index in [9.17, 15) is 0 Å². The standard InChI is InChI=1S/C18H14Br2ClNO2/c1-23-18-6-3-12(9-16(18)21)22-10-13-4-7-17(24-13)14-5-2-11(19)8-15(14)20/h2-9,22H,10H2,1H3. The number of rotatable bonds is 5. The third kappa shape index (κ3) is 3.97. The molecule has 0 aliphatic rings. The molecule has 2 aromatic carbocycles. The van der Waals surface area contributed by atoms with Gasteiger partial charge < -0.3 is 14.5 Å². The molecule has 0 saturated heterocycles. The molecule has 0 aliphatic heterocycles. The van der Waals surface area contributed by atoms with Gasteiger partial charge in [0.25, 0.3) is 0 Å². The second-order valence-electron chi connectivity index (χ2n) is 5.09. The van der Waals surface area contributed by atoms with Gasteiger partial charge in [0.05, 0.1) is 18.7 Å². The fourth-order valence-electron chi connectivity index (χ4n) is 2.27. The van der Waals surface area contributed by atoms with Crippen LogP contribution >= 0.6 is 43.5 Å². The Morgan fingerprint density at radius 2 is 1.92 bits per heavy atom. The lowest BCUT2D eigenvalue weighted by Gasteiger charge is -2.08. The summed E-state index contributed by atoms with van der Waals surface area (Å²) in [5, 5.41) is 3.86. The van der Waals surface area contributed by atoms with Crippen molar-refractivity contribution in [2.75, 3.05) is 12.4 Å². The minimum absolute atomic E-state index is 0.566. The molecule has 0 spiro atoms. The Bertz CT molecular complexity index is 864. The third-order valence-corrected chi connectivity index (χ3v) is 4.92. The van der Waals surface area contributed by atoms with Gasteiger partial charge in [-0.2, -0.15) is 0 Å². The van der Waals surface area contributed by atoms with Crippen LogP contribution in [-0.4, -0.2) is 7.11 Å². The van der Waals surface area contributed by atoms with Gasteiger partial charge >= 0.3 is 0 Å². The van der Waals surface area contributed by atoms with Crippen molar-refractivity contribution in [3.05, 3.63) is 68.3 Å². The highest BCUT2D eigenvalue weighted by Crippen LogP contribution is 2.32. The molecule has 0 aliphatic carbocycles. The van der Waals surface area contributed by atoms with Crippen LogP contribution in [0.3, 0.4) is 0 Å². The third-order valence-electron chi connectivity index (χ3n) is 3.48. The van der Waals surface area contributed by atoms with Gasteiger partial charge in [-0.15, -0.1) is 0 Å². The molecule has 0 unspecified atom stereocenters. The van der Waals surface area contributed by atoms with Crippen LogP contribution in [0.5, 0.6) is 5.75 Å². The second-order valence-corrected chi connectivity index (χ2v) is 7.27. The van der Waals surface area contributed by atoms with Crippen molar-refractivity contribution in [3.8, 4) is 17.1 Å². The van der Waals surface area contributed by atoms with E-state index in [1.807, 2.05) is 48.5 Å². The molecule has 6 heteroatoms. The summed E-state index contributed by atoms with van der Waals surface area (Å²) >= 11 is 13.1. The zero-order valence-electron chi connectivity index (χ0n) is 12.8. The van der Waals surface area contributed by atoms with Gasteiger partial charge in [-0.1, -0.05) is 27.5 Å². The maximum Gasteiger partial charge on any atom is 0.137 e. The smallest absolute Gasteiger partial charge is 0.137 e. The summed E-state index contributed by atoms with van der Waals surface area (Å²) in [6, 6.07) is 15.5. The Morgan fingerprint density at radius 1 is 1.08 bits per heavy atom. The van der Waals surface area contributed by atoms with Crippen LogP contribution in [0.15, 0.2) is 61.9 Å². The zero-order valence-corrected chi connectivity index (χ0v) is 16.7. The van der Waals surface area contributed by atoms with E-state index in [0.29, 0.717) is 17.3 Å². The topological polar surface area (TPSA) is 34.4 Å². The predicted molar refractivity (Wildman–Crippen MR) is 105 cm³/mol. The van der Waals surface area contributed by atoms with Crippen molar-refractivity contribution in [1.82, 2.24) is 0 Å². The van der Waals surface area contributed by atoms with E-state index in [0.717, 1.165) is 31.7 Å². The number of anilines is 1. The lowest BCUT2D eigenvalue weighted by Crippen LogP contribution is -1.98. The molecule has 24 heavy (non-hydrogen) atoms. The second kappa shape index (κ2) is 7.64. The highest BCUT2D eigenvalue weighted by atomic mass is 79.9. The molecule has 0 bridgehead atoms. The van der Waals surface area contributed by atoms with Crippen molar-refractivity contribution >= 4 is 49.1 Å². The number of nitrogens with one attached hydrogen (secondary N) is 1. The number of benzene rings is 2. The molecule has 0 amide bonds. The first-order valence-corrected chi connectivity index (χ1v) is 9.15. The van der Waals surface area contributed by atoms with Crippen LogP contribution in [0.2, 0.25) is 5.02 Å². The van der Waals surface area contributed by atoms with Crippen molar-refractivity contribution in [1.29, 1.82) is 0 Å². The summed E-state index contributed by atoms with van der Waals surface area (Å²) in [6.07, 6.45) is 0. The van der Waals surface area contributed by atoms with Crippen molar-refractivity contribution in [2.24, 2.45) is 0 Å². The molecule has 0 fully saturated rings. The molecular formula is C18H14Br2ClNO2. The fraction of sp³-hybridized carbons (Fsp3) is 0.111. The summed E-state index contributed by atoms with van der Waals surface area (Å²) in [5.74, 6) is 2.31. The lowest BCUT2D eigenvalue weighted by molar-refractivity contribution is 0.415. The number of ether oxygens (including phenoxy) is 1. The summed E-state index contributed by atoms with van der Waals surface area (Å²) in [5.41, 5.74) is 1.92. The van der Waals surface area contributed by atoms with Crippen molar-refractivity contribution in [3.63, 3.8) is 0 Å². The van der Waals surface area contributed by atoms with Gasteiger partial charge in [0.2, 0.25) is 0 Å². The highest BCUT2D eigenvalue weighted by molar-refractivity contribution is 9.11.